The predicted octanol–water partition coefficient (Wildman–Crippen LogP) is -1.58. The number of hydrogen-bond acceptors (Lipinski definition) is 10. The standard InChI is InChI=1S/C13H17FN6O7/c1-26-11(24)6(4-21)16-7-2-3-20(12(25)17-7)10-8(14)9(23)13(5-22,27-10)18-19-15/h2-3,6,8-10,21-23H,4-5H2,1H3,(H,16,17,25)/t6-,8-,9?,10?,13+/m0/s1. The smallest absolute Gasteiger partial charge is 0.351 e. The lowest BCUT2D eigenvalue weighted by molar-refractivity contribution is -0.142. The summed E-state index contributed by atoms with van der Waals surface area (Å²) in [7, 11) is 1.11. The van der Waals surface area contributed by atoms with E-state index in [-0.39, 0.29) is 5.82 Å². The van der Waals surface area contributed by atoms with Crippen molar-refractivity contribution in [2.24, 2.45) is 5.11 Å². The van der Waals surface area contributed by atoms with Gasteiger partial charge in [-0.25, -0.2) is 14.0 Å². The van der Waals surface area contributed by atoms with Gasteiger partial charge in [-0.3, -0.25) is 4.57 Å². The van der Waals surface area contributed by atoms with Crippen LogP contribution in [0.25, 0.3) is 10.4 Å². The van der Waals surface area contributed by atoms with Crippen LogP contribution in [0.2, 0.25) is 0 Å². The van der Waals surface area contributed by atoms with Gasteiger partial charge in [0.25, 0.3) is 0 Å². The van der Waals surface area contributed by atoms with Crippen LogP contribution >= 0.6 is 0 Å². The molecule has 4 N–H and O–H groups in total. The van der Waals surface area contributed by atoms with Crippen molar-refractivity contribution in [2.45, 2.75) is 30.3 Å². The molecule has 2 unspecified atom stereocenters. The lowest BCUT2D eigenvalue weighted by Gasteiger charge is -2.23. The molecule has 148 valence electrons. The van der Waals surface area contributed by atoms with Gasteiger partial charge in [0.15, 0.2) is 12.4 Å². The highest BCUT2D eigenvalue weighted by atomic mass is 19.1. The molecule has 14 heteroatoms. The summed E-state index contributed by atoms with van der Waals surface area (Å²) in [6.07, 6.45) is -4.90. The summed E-state index contributed by atoms with van der Waals surface area (Å²) in [5, 5.41) is 33.9. The second-order valence-corrected chi connectivity index (χ2v) is 5.50. The topological polar surface area (TPSA) is 192 Å². The van der Waals surface area contributed by atoms with Gasteiger partial charge >= 0.3 is 11.7 Å². The van der Waals surface area contributed by atoms with Crippen molar-refractivity contribution in [3.8, 4) is 0 Å². The Hall–Kier alpha value is -2.77. The summed E-state index contributed by atoms with van der Waals surface area (Å²) >= 11 is 0. The normalized spacial score (nSPS) is 28.3. The predicted molar refractivity (Wildman–Crippen MR) is 85.0 cm³/mol. The van der Waals surface area contributed by atoms with E-state index in [0.29, 0.717) is 4.57 Å². The van der Waals surface area contributed by atoms with E-state index in [1.54, 1.807) is 0 Å². The van der Waals surface area contributed by atoms with Crippen molar-refractivity contribution in [1.29, 1.82) is 0 Å². The van der Waals surface area contributed by atoms with Crippen LogP contribution in [0.15, 0.2) is 22.2 Å². The molecule has 5 atom stereocenters. The summed E-state index contributed by atoms with van der Waals surface area (Å²) < 4.78 is 24.7. The number of aliphatic hydroxyl groups excluding tert-OH is 3. The van der Waals surface area contributed by atoms with E-state index >= 15 is 0 Å². The Balaban J connectivity index is 2.29. The summed E-state index contributed by atoms with van der Waals surface area (Å²) in [4.78, 5) is 29.6. The molecule has 0 bridgehead atoms. The molecule has 1 aliphatic rings. The number of aliphatic hydroxyl groups is 3. The minimum atomic E-state index is -2.29. The first-order chi connectivity index (χ1) is 12.8. The fraction of sp³-hybridized carbons (Fsp3) is 0.615. The number of nitrogens with one attached hydrogen (secondary N) is 1. The Morgan fingerprint density at radius 2 is 2.37 bits per heavy atom. The van der Waals surface area contributed by atoms with Crippen LogP contribution < -0.4 is 11.0 Å². The molecule has 0 spiro atoms. The number of halogens is 1. The van der Waals surface area contributed by atoms with Crippen LogP contribution in [0, 0.1) is 0 Å². The first-order valence-electron chi connectivity index (χ1n) is 7.55. The molecule has 1 aliphatic heterocycles. The Morgan fingerprint density at radius 1 is 1.67 bits per heavy atom. The number of nitrogens with zero attached hydrogens (tertiary/aromatic N) is 5. The van der Waals surface area contributed by atoms with Gasteiger partial charge in [-0.15, -0.1) is 0 Å². The van der Waals surface area contributed by atoms with Crippen LogP contribution in [0.3, 0.4) is 0 Å². The zero-order chi connectivity index (χ0) is 20.2. The lowest BCUT2D eigenvalue weighted by atomic mass is 10.1. The van der Waals surface area contributed by atoms with E-state index in [2.05, 4.69) is 25.1 Å². The van der Waals surface area contributed by atoms with E-state index in [9.17, 15) is 24.2 Å². The van der Waals surface area contributed by atoms with Crippen molar-refractivity contribution in [1.82, 2.24) is 9.55 Å². The minimum absolute atomic E-state index is 0.113. The molecule has 27 heavy (non-hydrogen) atoms. The minimum Gasteiger partial charge on any atom is -0.467 e. The van der Waals surface area contributed by atoms with Gasteiger partial charge in [0, 0.05) is 11.1 Å². The summed E-state index contributed by atoms with van der Waals surface area (Å²) in [6, 6.07) is 0.00494. The zero-order valence-electron chi connectivity index (χ0n) is 14.0. The third kappa shape index (κ3) is 3.84. The number of hydrogen-bond donors (Lipinski definition) is 4. The number of methoxy groups -OCH3 is 1. The number of carbonyl (C=O) groups excluding carboxylic acids is 1. The first-order valence-corrected chi connectivity index (χ1v) is 7.55. The quantitative estimate of drug-likeness (QED) is 0.184. The zero-order valence-corrected chi connectivity index (χ0v) is 14.0. The van der Waals surface area contributed by atoms with Crippen LogP contribution in [-0.2, 0) is 14.3 Å². The van der Waals surface area contributed by atoms with Crippen LogP contribution in [0.4, 0.5) is 10.2 Å². The molecule has 0 radical (unpaired) electrons. The number of rotatable bonds is 7. The van der Waals surface area contributed by atoms with Gasteiger partial charge in [0.05, 0.1) is 20.3 Å². The van der Waals surface area contributed by atoms with Crippen LogP contribution in [0.5, 0.6) is 0 Å². The van der Waals surface area contributed by atoms with E-state index in [1.165, 1.54) is 6.07 Å². The maximum absolute atomic E-state index is 14.4. The molecule has 0 amide bonds. The summed E-state index contributed by atoms with van der Waals surface area (Å²) in [5.74, 6) is -0.908. The largest absolute Gasteiger partial charge is 0.467 e. The molecular formula is C13H17FN6O7. The second kappa shape index (κ2) is 8.28. The van der Waals surface area contributed by atoms with E-state index in [1.807, 2.05) is 0 Å². The Bertz CT molecular complexity index is 800. The first kappa shape index (κ1) is 20.5. The molecule has 2 heterocycles. The molecule has 1 fully saturated rings. The number of carbonyl (C=O) groups is 1. The number of aromatic nitrogens is 2. The molecule has 0 aromatic carbocycles. The summed E-state index contributed by atoms with van der Waals surface area (Å²) in [6.45, 7) is -1.65. The van der Waals surface area contributed by atoms with Crippen molar-refractivity contribution in [3.63, 3.8) is 0 Å². The molecular weight excluding hydrogens is 371 g/mol. The number of esters is 1. The third-order valence-electron chi connectivity index (χ3n) is 3.90. The van der Waals surface area contributed by atoms with Crippen molar-refractivity contribution >= 4 is 11.8 Å². The number of azide groups is 1. The van der Waals surface area contributed by atoms with Crippen molar-refractivity contribution in [3.05, 3.63) is 33.2 Å². The average molecular weight is 388 g/mol. The van der Waals surface area contributed by atoms with Gasteiger partial charge < -0.3 is 30.1 Å². The summed E-state index contributed by atoms with van der Waals surface area (Å²) in [5.41, 5.74) is 5.21. The molecule has 1 aromatic heterocycles. The van der Waals surface area contributed by atoms with E-state index in [4.69, 9.17) is 15.4 Å². The number of anilines is 1. The second-order valence-electron chi connectivity index (χ2n) is 5.50. The monoisotopic (exact) mass is 388 g/mol. The molecule has 1 aromatic rings. The van der Waals surface area contributed by atoms with Crippen molar-refractivity contribution in [2.75, 3.05) is 25.6 Å². The highest BCUT2D eigenvalue weighted by molar-refractivity contribution is 5.78. The van der Waals surface area contributed by atoms with Gasteiger partial charge in [-0.2, -0.15) is 4.98 Å². The van der Waals surface area contributed by atoms with E-state index in [0.717, 1.165) is 13.3 Å². The van der Waals surface area contributed by atoms with Gasteiger partial charge in [-0.1, -0.05) is 5.11 Å². The van der Waals surface area contributed by atoms with Crippen LogP contribution in [0.1, 0.15) is 6.23 Å². The molecule has 1 saturated heterocycles. The van der Waals surface area contributed by atoms with Gasteiger partial charge in [0.2, 0.25) is 5.72 Å². The molecule has 0 saturated carbocycles. The fourth-order valence-corrected chi connectivity index (χ4v) is 2.47. The Kier molecular flexibility index (Phi) is 6.30. The fourth-order valence-electron chi connectivity index (χ4n) is 2.47. The molecule has 0 aliphatic carbocycles. The average Bonchev–Trinajstić information content (AvgIpc) is 2.91. The Morgan fingerprint density at radius 3 is 2.89 bits per heavy atom. The molecule has 13 nitrogen and oxygen atoms in total. The Labute approximate surface area is 150 Å². The van der Waals surface area contributed by atoms with E-state index < -0.39 is 55.1 Å². The van der Waals surface area contributed by atoms with Gasteiger partial charge in [-0.05, 0) is 11.6 Å². The maximum atomic E-state index is 14.4. The van der Waals surface area contributed by atoms with Crippen LogP contribution in [-0.4, -0.2) is 75.2 Å². The number of ether oxygens (including phenoxy) is 2. The highest BCUT2D eigenvalue weighted by Crippen LogP contribution is 2.39. The van der Waals surface area contributed by atoms with Gasteiger partial charge in [0.1, 0.15) is 18.0 Å². The SMILES string of the molecule is COC(=O)[C@H](CO)Nc1ccn(C2O[C@@](CO)(N=[N+]=[N-])C(O)[C@@H]2F)c(=O)n1. The van der Waals surface area contributed by atoms with Crippen molar-refractivity contribution < 1.29 is 34.0 Å². The molecule has 2 rings (SSSR count). The third-order valence-corrected chi connectivity index (χ3v) is 3.90. The highest BCUT2D eigenvalue weighted by Gasteiger charge is 2.56. The maximum Gasteiger partial charge on any atom is 0.351 e. The lowest BCUT2D eigenvalue weighted by Crippen LogP contribution is -2.43. The number of alkyl halides is 1.